The maximum atomic E-state index is 5.36. The Morgan fingerprint density at radius 2 is 2.15 bits per heavy atom. The summed E-state index contributed by atoms with van der Waals surface area (Å²) in [6.45, 7) is 8.04. The Balaban J connectivity index is 1.64. The van der Waals surface area contributed by atoms with E-state index in [4.69, 9.17) is 4.52 Å². The summed E-state index contributed by atoms with van der Waals surface area (Å²) < 4.78 is 7.09. The van der Waals surface area contributed by atoms with Gasteiger partial charge in [-0.05, 0) is 36.6 Å². The molecule has 0 spiro atoms. The van der Waals surface area contributed by atoms with E-state index < -0.39 is 0 Å². The molecule has 0 aliphatic heterocycles. The van der Waals surface area contributed by atoms with Gasteiger partial charge in [-0.25, -0.2) is 14.7 Å². The van der Waals surface area contributed by atoms with Crippen molar-refractivity contribution < 1.29 is 4.52 Å². The van der Waals surface area contributed by atoms with E-state index in [0.717, 1.165) is 35.3 Å². The first-order chi connectivity index (χ1) is 13.2. The fourth-order valence-electron chi connectivity index (χ4n) is 2.46. The highest BCUT2D eigenvalue weighted by molar-refractivity contribution is 5.79. The molecule has 0 aliphatic carbocycles. The Hall–Kier alpha value is -3.16. The van der Waals surface area contributed by atoms with Crippen molar-refractivity contribution in [2.45, 2.75) is 39.8 Å². The summed E-state index contributed by atoms with van der Waals surface area (Å²) in [6.07, 6.45) is 5.36. The number of hydrogen-bond acceptors (Lipinski definition) is 5. The summed E-state index contributed by atoms with van der Waals surface area (Å²) in [7, 11) is 0. The number of nitrogens with zero attached hydrogens (tertiary/aromatic N) is 5. The summed E-state index contributed by atoms with van der Waals surface area (Å²) in [5.41, 5.74) is 2.01. The first kappa shape index (κ1) is 18.6. The summed E-state index contributed by atoms with van der Waals surface area (Å²) in [6, 6.07) is 7.77. The molecule has 3 rings (SSSR count). The van der Waals surface area contributed by atoms with Crippen LogP contribution in [0.25, 0.3) is 5.82 Å². The van der Waals surface area contributed by atoms with E-state index in [-0.39, 0.29) is 0 Å². The number of aromatic nitrogens is 4. The van der Waals surface area contributed by atoms with E-state index in [2.05, 4.69) is 44.7 Å². The first-order valence-electron chi connectivity index (χ1n) is 9.08. The molecule has 0 radical (unpaired) electrons. The third-order valence-electron chi connectivity index (χ3n) is 3.91. The highest BCUT2D eigenvalue weighted by Gasteiger charge is 2.08. The van der Waals surface area contributed by atoms with Crippen LogP contribution in [0.1, 0.15) is 43.7 Å². The topological polar surface area (TPSA) is 93.2 Å². The van der Waals surface area contributed by atoms with Crippen LogP contribution in [0.2, 0.25) is 0 Å². The average Bonchev–Trinajstić information content (AvgIpc) is 3.36. The largest absolute Gasteiger partial charge is 0.359 e. The van der Waals surface area contributed by atoms with Crippen LogP contribution in [0.4, 0.5) is 0 Å². The van der Waals surface area contributed by atoms with Crippen molar-refractivity contribution in [2.24, 2.45) is 4.99 Å². The third-order valence-corrected chi connectivity index (χ3v) is 3.91. The first-order valence-corrected chi connectivity index (χ1v) is 9.08. The molecule has 0 unspecified atom stereocenters. The second-order valence-electron chi connectivity index (χ2n) is 6.39. The number of nitrogens with one attached hydrogen (secondary N) is 2. The van der Waals surface area contributed by atoms with Gasteiger partial charge in [0.1, 0.15) is 0 Å². The summed E-state index contributed by atoms with van der Waals surface area (Å²) in [4.78, 5) is 8.98. The van der Waals surface area contributed by atoms with Crippen molar-refractivity contribution >= 4 is 5.96 Å². The number of guanidine groups is 1. The molecule has 0 amide bonds. The van der Waals surface area contributed by atoms with Gasteiger partial charge in [-0.2, -0.15) is 5.10 Å². The van der Waals surface area contributed by atoms with Gasteiger partial charge in [0.15, 0.2) is 17.5 Å². The zero-order valence-electron chi connectivity index (χ0n) is 15.9. The second-order valence-corrected chi connectivity index (χ2v) is 6.39. The SMILES string of the molecule is CCNC(=NCc1ccnc(-n2cccn2)c1)NCc1cc(C(C)C)no1. The molecule has 8 nitrogen and oxygen atoms in total. The fourth-order valence-corrected chi connectivity index (χ4v) is 2.46. The second kappa shape index (κ2) is 8.98. The van der Waals surface area contributed by atoms with Crippen LogP contribution in [0.5, 0.6) is 0 Å². The Morgan fingerprint density at radius 3 is 2.85 bits per heavy atom. The standard InChI is InChI=1S/C19H25N7O/c1-4-20-19(23-13-16-11-17(14(2)3)25-27-16)22-12-15-6-8-21-18(10-15)26-9-5-7-24-26/h5-11,14H,4,12-13H2,1-3H3,(H2,20,22,23). The predicted molar refractivity (Wildman–Crippen MR) is 104 cm³/mol. The van der Waals surface area contributed by atoms with Crippen molar-refractivity contribution in [1.82, 2.24) is 30.6 Å². The molecule has 0 bridgehead atoms. The number of pyridine rings is 1. The maximum Gasteiger partial charge on any atom is 0.191 e. The van der Waals surface area contributed by atoms with Crippen LogP contribution in [0, 0.1) is 0 Å². The zero-order valence-corrected chi connectivity index (χ0v) is 15.9. The number of rotatable bonds is 7. The van der Waals surface area contributed by atoms with Crippen LogP contribution >= 0.6 is 0 Å². The van der Waals surface area contributed by atoms with Crippen molar-refractivity contribution in [1.29, 1.82) is 0 Å². The minimum atomic E-state index is 0.347. The smallest absolute Gasteiger partial charge is 0.191 e. The van der Waals surface area contributed by atoms with E-state index in [1.54, 1.807) is 17.1 Å². The molecule has 27 heavy (non-hydrogen) atoms. The van der Waals surface area contributed by atoms with Crippen LogP contribution in [0.3, 0.4) is 0 Å². The van der Waals surface area contributed by atoms with E-state index in [1.165, 1.54) is 0 Å². The normalized spacial score (nSPS) is 11.8. The van der Waals surface area contributed by atoms with Crippen molar-refractivity contribution in [2.75, 3.05) is 6.54 Å². The Morgan fingerprint density at radius 1 is 1.26 bits per heavy atom. The lowest BCUT2D eigenvalue weighted by Gasteiger charge is -2.10. The minimum Gasteiger partial charge on any atom is -0.359 e. The van der Waals surface area contributed by atoms with E-state index >= 15 is 0 Å². The lowest BCUT2D eigenvalue weighted by atomic mass is 10.1. The molecule has 0 aromatic carbocycles. The average molecular weight is 367 g/mol. The fraction of sp³-hybridized carbons (Fsp3) is 0.368. The van der Waals surface area contributed by atoms with Crippen molar-refractivity contribution in [3.8, 4) is 5.82 Å². The lowest BCUT2D eigenvalue weighted by Crippen LogP contribution is -2.36. The van der Waals surface area contributed by atoms with E-state index in [1.807, 2.05) is 37.4 Å². The molecule has 3 aromatic rings. The zero-order chi connectivity index (χ0) is 19.1. The minimum absolute atomic E-state index is 0.347. The van der Waals surface area contributed by atoms with Gasteiger partial charge in [0.2, 0.25) is 0 Å². The molecular formula is C19H25N7O. The summed E-state index contributed by atoms with van der Waals surface area (Å²) in [5, 5.41) is 14.8. The lowest BCUT2D eigenvalue weighted by molar-refractivity contribution is 0.372. The van der Waals surface area contributed by atoms with Gasteiger partial charge in [-0.15, -0.1) is 0 Å². The third kappa shape index (κ3) is 5.16. The van der Waals surface area contributed by atoms with Gasteiger partial charge in [-0.1, -0.05) is 19.0 Å². The Labute approximate surface area is 158 Å². The molecular weight excluding hydrogens is 342 g/mol. The molecule has 0 saturated heterocycles. The molecule has 0 atom stereocenters. The van der Waals surface area contributed by atoms with E-state index in [9.17, 15) is 0 Å². The maximum absolute atomic E-state index is 5.36. The predicted octanol–water partition coefficient (Wildman–Crippen LogP) is 2.63. The summed E-state index contributed by atoms with van der Waals surface area (Å²) in [5.74, 6) is 2.63. The molecule has 8 heteroatoms. The van der Waals surface area contributed by atoms with E-state index in [0.29, 0.717) is 19.0 Å². The Bertz CT molecular complexity index is 868. The summed E-state index contributed by atoms with van der Waals surface area (Å²) >= 11 is 0. The van der Waals surface area contributed by atoms with Gasteiger partial charge in [0.25, 0.3) is 0 Å². The molecule has 2 N–H and O–H groups in total. The van der Waals surface area contributed by atoms with Crippen LogP contribution in [0.15, 0.2) is 52.4 Å². The monoisotopic (exact) mass is 367 g/mol. The molecule has 142 valence electrons. The molecule has 3 aromatic heterocycles. The highest BCUT2D eigenvalue weighted by Crippen LogP contribution is 2.13. The van der Waals surface area contributed by atoms with Gasteiger partial charge < -0.3 is 15.2 Å². The van der Waals surface area contributed by atoms with Crippen LogP contribution in [-0.2, 0) is 13.1 Å². The van der Waals surface area contributed by atoms with Gasteiger partial charge in [-0.3, -0.25) is 0 Å². The van der Waals surface area contributed by atoms with Crippen LogP contribution < -0.4 is 10.6 Å². The van der Waals surface area contributed by atoms with Gasteiger partial charge >= 0.3 is 0 Å². The van der Waals surface area contributed by atoms with Gasteiger partial charge in [0.05, 0.1) is 18.8 Å². The Kier molecular flexibility index (Phi) is 6.19. The van der Waals surface area contributed by atoms with Crippen molar-refractivity contribution in [3.05, 3.63) is 59.9 Å². The molecule has 0 saturated carbocycles. The quantitative estimate of drug-likeness (QED) is 0.493. The molecule has 3 heterocycles. The van der Waals surface area contributed by atoms with Gasteiger partial charge in [0, 0.05) is 31.2 Å². The van der Waals surface area contributed by atoms with Crippen LogP contribution in [-0.4, -0.2) is 32.4 Å². The van der Waals surface area contributed by atoms with Crippen molar-refractivity contribution in [3.63, 3.8) is 0 Å². The molecule has 0 aliphatic rings. The number of hydrogen-bond donors (Lipinski definition) is 2. The molecule has 0 fully saturated rings. The highest BCUT2D eigenvalue weighted by atomic mass is 16.5. The number of aliphatic imine (C=N–C) groups is 1.